The molecule has 29 heavy (non-hydrogen) atoms. The molecule has 3 aromatic rings. The van der Waals surface area contributed by atoms with Crippen LogP contribution in [0.1, 0.15) is 45.6 Å². The first-order valence-electron chi connectivity index (χ1n) is 9.73. The van der Waals surface area contributed by atoms with Gasteiger partial charge in [0.25, 0.3) is 11.8 Å². The lowest BCUT2D eigenvalue weighted by Crippen LogP contribution is -2.48. The minimum absolute atomic E-state index is 0.118. The highest BCUT2D eigenvalue weighted by Gasteiger charge is 2.51. The Labute approximate surface area is 167 Å². The summed E-state index contributed by atoms with van der Waals surface area (Å²) in [5, 5.41) is 7.48. The minimum Gasteiger partial charge on any atom is -0.459 e. The molecule has 1 saturated heterocycles. The minimum atomic E-state index is -0.319. The molecule has 2 atom stereocenters. The Kier molecular flexibility index (Phi) is 4.19. The van der Waals surface area contributed by atoms with Crippen LogP contribution in [0.25, 0.3) is 0 Å². The molecule has 0 bridgehead atoms. The van der Waals surface area contributed by atoms with Crippen molar-refractivity contribution in [3.05, 3.63) is 72.2 Å². The predicted molar refractivity (Wildman–Crippen MR) is 103 cm³/mol. The van der Waals surface area contributed by atoms with Crippen LogP contribution in [0.5, 0.6) is 0 Å². The molecule has 2 aliphatic heterocycles. The Morgan fingerprint density at radius 2 is 1.93 bits per heavy atom. The molecule has 0 radical (unpaired) electrons. The lowest BCUT2D eigenvalue weighted by atomic mass is 9.74. The standard InChI is InChI=1S/C21H21N5O3/c27-19(15-5-2-1-3-6-15)24-17-18-22-14-23-26(18)11-9-21(17)8-10-25(13-21)20(28)16-7-4-12-29-16/h1-7,12,14,17H,8-11,13H2,(H,24,27). The molecule has 2 amide bonds. The smallest absolute Gasteiger partial charge is 0.289 e. The Morgan fingerprint density at radius 1 is 1.10 bits per heavy atom. The van der Waals surface area contributed by atoms with Crippen molar-refractivity contribution in [3.63, 3.8) is 0 Å². The van der Waals surface area contributed by atoms with E-state index >= 15 is 0 Å². The predicted octanol–water partition coefficient (Wildman–Crippen LogP) is 2.28. The zero-order valence-electron chi connectivity index (χ0n) is 15.8. The third-order valence-electron chi connectivity index (χ3n) is 6.05. The van der Waals surface area contributed by atoms with Crippen LogP contribution in [-0.2, 0) is 6.54 Å². The van der Waals surface area contributed by atoms with E-state index in [0.29, 0.717) is 24.4 Å². The number of hydrogen-bond acceptors (Lipinski definition) is 5. The second kappa shape index (κ2) is 6.88. The van der Waals surface area contributed by atoms with Gasteiger partial charge < -0.3 is 14.6 Å². The number of likely N-dealkylation sites (tertiary alicyclic amines) is 1. The summed E-state index contributed by atoms with van der Waals surface area (Å²) in [6, 6.07) is 12.2. The van der Waals surface area contributed by atoms with Crippen LogP contribution < -0.4 is 5.32 Å². The maximum absolute atomic E-state index is 12.9. The number of hydrogen-bond donors (Lipinski definition) is 1. The molecule has 8 heteroatoms. The van der Waals surface area contributed by atoms with E-state index in [4.69, 9.17) is 4.42 Å². The lowest BCUT2D eigenvalue weighted by Gasteiger charge is -2.40. The van der Waals surface area contributed by atoms with Gasteiger partial charge in [0.05, 0.1) is 12.3 Å². The van der Waals surface area contributed by atoms with Gasteiger partial charge in [-0.15, -0.1) is 0 Å². The van der Waals surface area contributed by atoms with E-state index in [1.165, 1.54) is 12.6 Å². The number of nitrogens with one attached hydrogen (secondary N) is 1. The zero-order chi connectivity index (χ0) is 19.8. The van der Waals surface area contributed by atoms with Crippen molar-refractivity contribution in [2.45, 2.75) is 25.4 Å². The van der Waals surface area contributed by atoms with Gasteiger partial charge in [-0.1, -0.05) is 18.2 Å². The number of fused-ring (bicyclic) bond motifs is 1. The first-order valence-corrected chi connectivity index (χ1v) is 9.73. The average Bonchev–Trinajstić information content (AvgIpc) is 3.52. The summed E-state index contributed by atoms with van der Waals surface area (Å²) >= 11 is 0. The molecule has 1 fully saturated rings. The molecule has 5 rings (SSSR count). The van der Waals surface area contributed by atoms with Crippen LogP contribution >= 0.6 is 0 Å². The number of rotatable bonds is 3. The fourth-order valence-electron chi connectivity index (χ4n) is 4.50. The SMILES string of the molecule is O=C(NC1c2ncnn2CCC12CCN(C(=O)c1ccco1)C2)c1ccccc1. The molecule has 4 heterocycles. The van der Waals surface area contributed by atoms with E-state index in [1.807, 2.05) is 27.8 Å². The third kappa shape index (κ3) is 3.00. The van der Waals surface area contributed by atoms with Gasteiger partial charge in [0.2, 0.25) is 0 Å². The molecule has 1 N–H and O–H groups in total. The highest BCUT2D eigenvalue weighted by atomic mass is 16.3. The summed E-state index contributed by atoms with van der Waals surface area (Å²) in [6.45, 7) is 1.88. The highest BCUT2D eigenvalue weighted by molar-refractivity contribution is 5.94. The number of carbonyl (C=O) groups excluding carboxylic acids is 2. The van der Waals surface area contributed by atoms with Gasteiger partial charge in [-0.2, -0.15) is 5.10 Å². The largest absolute Gasteiger partial charge is 0.459 e. The lowest BCUT2D eigenvalue weighted by molar-refractivity contribution is 0.0678. The topological polar surface area (TPSA) is 93.3 Å². The first-order chi connectivity index (χ1) is 14.2. The van der Waals surface area contributed by atoms with Gasteiger partial charge in [0.15, 0.2) is 5.76 Å². The molecule has 2 aromatic heterocycles. The Balaban J connectivity index is 1.44. The van der Waals surface area contributed by atoms with Gasteiger partial charge in [-0.3, -0.25) is 9.59 Å². The van der Waals surface area contributed by atoms with Crippen LogP contribution in [0.3, 0.4) is 0 Å². The van der Waals surface area contributed by atoms with Crippen LogP contribution in [0.2, 0.25) is 0 Å². The molecule has 1 spiro atoms. The van der Waals surface area contributed by atoms with E-state index in [1.54, 1.807) is 24.3 Å². The highest BCUT2D eigenvalue weighted by Crippen LogP contribution is 2.47. The Hall–Kier alpha value is -3.42. The van der Waals surface area contributed by atoms with Crippen molar-refractivity contribution in [1.29, 1.82) is 0 Å². The maximum Gasteiger partial charge on any atom is 0.289 e. The molecule has 2 unspecified atom stereocenters. The van der Waals surface area contributed by atoms with Crippen molar-refractivity contribution in [3.8, 4) is 0 Å². The Morgan fingerprint density at radius 3 is 2.72 bits per heavy atom. The van der Waals surface area contributed by atoms with Crippen LogP contribution in [0, 0.1) is 5.41 Å². The van der Waals surface area contributed by atoms with Crippen molar-refractivity contribution in [2.75, 3.05) is 13.1 Å². The molecular weight excluding hydrogens is 370 g/mol. The summed E-state index contributed by atoms with van der Waals surface area (Å²) in [5.41, 5.74) is 0.316. The second-order valence-corrected chi connectivity index (χ2v) is 7.68. The number of benzene rings is 1. The summed E-state index contributed by atoms with van der Waals surface area (Å²) in [7, 11) is 0. The van der Waals surface area contributed by atoms with Crippen LogP contribution in [-0.4, -0.2) is 44.6 Å². The molecule has 148 valence electrons. The van der Waals surface area contributed by atoms with E-state index in [9.17, 15) is 9.59 Å². The first kappa shape index (κ1) is 17.7. The van der Waals surface area contributed by atoms with Gasteiger partial charge in [-0.25, -0.2) is 9.67 Å². The Bertz CT molecular complexity index is 1030. The molecule has 0 aliphatic carbocycles. The molecule has 2 aliphatic rings. The molecule has 0 saturated carbocycles. The number of amides is 2. The monoisotopic (exact) mass is 391 g/mol. The number of aryl methyl sites for hydroxylation is 1. The average molecular weight is 391 g/mol. The van der Waals surface area contributed by atoms with E-state index in [-0.39, 0.29) is 23.3 Å². The van der Waals surface area contributed by atoms with E-state index in [2.05, 4.69) is 15.4 Å². The van der Waals surface area contributed by atoms with Gasteiger partial charge in [0, 0.05) is 30.6 Å². The zero-order valence-corrected chi connectivity index (χ0v) is 15.8. The van der Waals surface area contributed by atoms with Gasteiger partial charge in [-0.05, 0) is 37.1 Å². The molecule has 8 nitrogen and oxygen atoms in total. The molecular formula is C21H21N5O3. The summed E-state index contributed by atoms with van der Waals surface area (Å²) in [4.78, 5) is 32.0. The number of aromatic nitrogens is 3. The van der Waals surface area contributed by atoms with Gasteiger partial charge >= 0.3 is 0 Å². The van der Waals surface area contributed by atoms with E-state index < -0.39 is 0 Å². The van der Waals surface area contributed by atoms with Crippen molar-refractivity contribution in [2.24, 2.45) is 5.41 Å². The normalized spacial score (nSPS) is 23.2. The summed E-state index contributed by atoms with van der Waals surface area (Å²) in [6.07, 6.45) is 4.62. The summed E-state index contributed by atoms with van der Waals surface area (Å²) in [5.74, 6) is 0.813. The maximum atomic E-state index is 12.9. The van der Waals surface area contributed by atoms with Crippen molar-refractivity contribution >= 4 is 11.8 Å². The fraction of sp³-hybridized carbons (Fsp3) is 0.333. The second-order valence-electron chi connectivity index (χ2n) is 7.68. The van der Waals surface area contributed by atoms with Crippen LogP contribution in [0.4, 0.5) is 0 Å². The number of nitrogens with zero attached hydrogens (tertiary/aromatic N) is 4. The van der Waals surface area contributed by atoms with Crippen molar-refractivity contribution < 1.29 is 14.0 Å². The fourth-order valence-corrected chi connectivity index (χ4v) is 4.50. The van der Waals surface area contributed by atoms with Crippen LogP contribution in [0.15, 0.2) is 59.5 Å². The van der Waals surface area contributed by atoms with E-state index in [0.717, 1.165) is 25.2 Å². The number of furan rings is 1. The summed E-state index contributed by atoms with van der Waals surface area (Å²) < 4.78 is 7.13. The third-order valence-corrected chi connectivity index (χ3v) is 6.05. The van der Waals surface area contributed by atoms with Gasteiger partial charge in [0.1, 0.15) is 12.2 Å². The van der Waals surface area contributed by atoms with Crippen molar-refractivity contribution in [1.82, 2.24) is 25.0 Å². The molecule has 1 aromatic carbocycles. The quantitative estimate of drug-likeness (QED) is 0.739. The number of carbonyl (C=O) groups is 2.